The van der Waals surface area contributed by atoms with Crippen LogP contribution < -0.4 is 4.74 Å². The summed E-state index contributed by atoms with van der Waals surface area (Å²) in [6.45, 7) is 11.2. The summed E-state index contributed by atoms with van der Waals surface area (Å²) in [5.74, 6) is 1.32. The molecular formula is C23H40O4S4. The van der Waals surface area contributed by atoms with Gasteiger partial charge in [-0.25, -0.2) is 0 Å². The van der Waals surface area contributed by atoms with Crippen molar-refractivity contribution in [2.45, 2.75) is 54.4 Å². The van der Waals surface area contributed by atoms with Gasteiger partial charge in [-0.3, -0.25) is 9.59 Å². The van der Waals surface area contributed by atoms with Crippen LogP contribution in [0.1, 0.15) is 56.3 Å². The van der Waals surface area contributed by atoms with Crippen molar-refractivity contribution in [3.63, 3.8) is 0 Å². The molecule has 0 saturated carbocycles. The fraction of sp³-hybridized carbons (Fsp3) is 0.652. The first-order valence-corrected chi connectivity index (χ1v) is 12.1. The Balaban J connectivity index is 0. The van der Waals surface area contributed by atoms with Crippen LogP contribution in [0.15, 0.2) is 24.3 Å². The van der Waals surface area contributed by atoms with Crippen LogP contribution in [0.3, 0.4) is 0 Å². The number of carbonyl (C=O) groups excluding carboxylic acids is 2. The molecule has 0 saturated heterocycles. The van der Waals surface area contributed by atoms with Crippen molar-refractivity contribution in [2.24, 2.45) is 10.8 Å². The molecular weight excluding hydrogens is 469 g/mol. The predicted octanol–water partition coefficient (Wildman–Crippen LogP) is 5.85. The van der Waals surface area contributed by atoms with Crippen molar-refractivity contribution >= 4 is 62.3 Å². The lowest BCUT2D eigenvalue weighted by Gasteiger charge is -2.17. The number of aryl methyl sites for hydroxylation is 1. The Morgan fingerprint density at radius 3 is 1.97 bits per heavy atom. The van der Waals surface area contributed by atoms with Gasteiger partial charge in [0.05, 0.1) is 10.8 Å². The molecule has 0 radical (unpaired) electrons. The molecule has 0 heterocycles. The largest absolute Gasteiger partial charge is 0.464 e. The first kappa shape index (κ1) is 25.2. The van der Waals surface area contributed by atoms with Crippen LogP contribution in [-0.4, -0.2) is 43.8 Å². The molecule has 0 spiro atoms. The maximum atomic E-state index is 11.8. The molecule has 8 heteroatoms. The number of hydrogen-bond acceptors (Lipinski definition) is 8. The van der Waals surface area contributed by atoms with E-state index in [0.29, 0.717) is 31.0 Å². The van der Waals surface area contributed by atoms with E-state index in [1.165, 1.54) is 0 Å². The van der Waals surface area contributed by atoms with Crippen molar-refractivity contribution in [2.75, 3.05) is 29.6 Å². The second-order valence-corrected chi connectivity index (χ2v) is 9.95. The summed E-state index contributed by atoms with van der Waals surface area (Å²) in [5, 5.41) is 0. The molecule has 0 aromatic heterocycles. The Labute approximate surface area is 216 Å². The second kappa shape index (κ2) is 18.0. The molecule has 0 aliphatic rings. The van der Waals surface area contributed by atoms with Crippen LogP contribution in [0.25, 0.3) is 0 Å². The summed E-state index contributed by atoms with van der Waals surface area (Å²) in [7, 11) is 0. The molecule has 0 amide bonds. The van der Waals surface area contributed by atoms with Gasteiger partial charge in [0.1, 0.15) is 14.6 Å². The average Bonchev–Trinajstić information content (AvgIpc) is 2.73. The molecule has 1 aromatic carbocycles. The topological polar surface area (TPSA) is 52.6 Å². The number of esters is 2. The van der Waals surface area contributed by atoms with E-state index in [2.05, 4.69) is 25.3 Å². The van der Waals surface area contributed by atoms with Gasteiger partial charge in [0.2, 0.25) is 0 Å². The summed E-state index contributed by atoms with van der Waals surface area (Å²) in [5.41, 5.74) is -0.927. The zero-order chi connectivity index (χ0) is 27.7. The van der Waals surface area contributed by atoms with Gasteiger partial charge in [0, 0.05) is 8.49 Å². The van der Waals surface area contributed by atoms with Crippen LogP contribution in [-0.2, 0) is 20.7 Å². The molecule has 0 aliphatic heterocycles. The third-order valence-corrected chi connectivity index (χ3v) is 4.12. The van der Waals surface area contributed by atoms with E-state index in [-0.39, 0.29) is 17.7 Å². The average molecular weight is 517 g/mol. The summed E-state index contributed by atoms with van der Waals surface area (Å²) in [6, 6.07) is 7.27. The fourth-order valence-corrected chi connectivity index (χ4v) is 2.23. The quantitative estimate of drug-likeness (QED) is 0.144. The smallest absolute Gasteiger partial charge is 0.316 e. The highest BCUT2D eigenvalue weighted by Gasteiger charge is 2.24. The highest BCUT2D eigenvalue weighted by atomic mass is 32.1. The van der Waals surface area contributed by atoms with E-state index < -0.39 is 16.6 Å². The highest BCUT2D eigenvalue weighted by Crippen LogP contribution is 2.23. The molecule has 4 nitrogen and oxygen atoms in total. The van der Waals surface area contributed by atoms with E-state index in [1.807, 2.05) is 59.7 Å². The zero-order valence-corrected chi connectivity index (χ0v) is 22.8. The van der Waals surface area contributed by atoms with Crippen LogP contribution in [0.4, 0.5) is 0 Å². The second-order valence-electron chi connectivity index (χ2n) is 8.40. The number of thiol groups is 4. The molecule has 0 fully saturated rings. The van der Waals surface area contributed by atoms with Crippen LogP contribution in [0.5, 0.6) is 5.75 Å². The highest BCUT2D eigenvalue weighted by molar-refractivity contribution is 7.81. The van der Waals surface area contributed by atoms with Crippen molar-refractivity contribution in [1.82, 2.24) is 0 Å². The lowest BCUT2D eigenvalue weighted by molar-refractivity contribution is -0.152. The lowest BCUT2D eigenvalue weighted by Crippen LogP contribution is -2.26. The summed E-state index contributed by atoms with van der Waals surface area (Å²) in [4.78, 5) is 22.8. The molecule has 1 rings (SSSR count). The van der Waals surface area contributed by atoms with Crippen LogP contribution >= 0.6 is 50.3 Å². The van der Waals surface area contributed by atoms with E-state index in [0.717, 1.165) is 36.4 Å². The Bertz CT molecular complexity index is 724. The third kappa shape index (κ3) is 17.8. The van der Waals surface area contributed by atoms with Gasteiger partial charge in [-0.05, 0) is 83.2 Å². The van der Waals surface area contributed by atoms with Gasteiger partial charge in [-0.15, -0.1) is 0 Å². The van der Waals surface area contributed by atoms with Gasteiger partial charge in [-0.1, -0.05) is 18.2 Å². The number of para-hydroxylation sites is 1. The molecule has 2 unspecified atom stereocenters. The predicted molar refractivity (Wildman–Crippen MR) is 146 cm³/mol. The first-order chi connectivity index (χ1) is 16.1. The summed E-state index contributed by atoms with van der Waals surface area (Å²) < 4.78 is 37.8. The van der Waals surface area contributed by atoms with E-state index in [9.17, 15) is 9.59 Å². The molecule has 0 aliphatic carbocycles. The Hall–Kier alpha value is -0.440. The fourth-order valence-electron chi connectivity index (χ4n) is 1.53. The maximum Gasteiger partial charge on any atom is 0.316 e. The van der Waals surface area contributed by atoms with Crippen molar-refractivity contribution in [1.29, 1.82) is 2.25 Å². The van der Waals surface area contributed by atoms with Crippen molar-refractivity contribution < 1.29 is 21.8 Å². The van der Waals surface area contributed by atoms with Crippen LogP contribution in [0.2, 0.25) is 0 Å². The monoisotopic (exact) mass is 516 g/mol. The zero-order valence-electron chi connectivity index (χ0n) is 23.3. The van der Waals surface area contributed by atoms with E-state index in [1.54, 1.807) is 6.07 Å². The first-order valence-electron chi connectivity index (χ1n) is 11.9. The lowest BCUT2D eigenvalue weighted by atomic mass is 9.97. The van der Waals surface area contributed by atoms with Gasteiger partial charge >= 0.3 is 11.9 Å². The Morgan fingerprint density at radius 1 is 0.935 bits per heavy atom. The van der Waals surface area contributed by atoms with Crippen molar-refractivity contribution in [3.8, 4) is 5.75 Å². The number of rotatable bonds is 9. The number of hydrogen-bond donors (Lipinski definition) is 4. The minimum atomic E-state index is -0.533. The number of benzene rings is 1. The normalized spacial score (nSPS) is 14.6. The van der Waals surface area contributed by atoms with E-state index in [4.69, 9.17) is 14.5 Å². The maximum absolute atomic E-state index is 11.8. The third-order valence-electron chi connectivity index (χ3n) is 3.27. The minimum absolute atomic E-state index is 0.202. The minimum Gasteiger partial charge on any atom is -0.464 e. The van der Waals surface area contributed by atoms with E-state index >= 15 is 0 Å². The SMILES string of the molecule is [3H]C(S)Cc1ccccc1OC(=O)C(C)(C)C.[3H]SCCC([3H])S.[3H]SCCOC(=O)C(C)(C)C. The van der Waals surface area contributed by atoms with Gasteiger partial charge < -0.3 is 9.47 Å². The van der Waals surface area contributed by atoms with Crippen LogP contribution in [0, 0.1) is 10.8 Å². The Kier molecular flexibility index (Phi) is 14.7. The van der Waals surface area contributed by atoms with Gasteiger partial charge in [0.15, 0.2) is 0 Å². The number of carbonyl (C=O) groups is 2. The Morgan fingerprint density at radius 2 is 1.52 bits per heavy atom. The molecule has 1 aromatic rings. The molecule has 0 bridgehead atoms. The summed E-state index contributed by atoms with van der Waals surface area (Å²) >= 11 is 9.77. The summed E-state index contributed by atoms with van der Waals surface area (Å²) in [6.07, 6.45) is 1.16. The molecule has 2 atom stereocenters. The molecule has 180 valence electrons. The van der Waals surface area contributed by atoms with Gasteiger partial charge in [0.25, 0.3) is 0 Å². The standard InChI is InChI=1S/C13H18O2S.C7H14O2S.C3H8S2/c1-13(2,3)12(14)15-11-7-5-4-6-10(11)8-9-16;1-7(2,3)6(8)9-4-5-10;4-2-1-3-5/h4-7,16H,8-9H2,1-3H3;10H,4-5H2,1-3H3;4-5H,1-3H2/i9T;;2T/hT2. The van der Waals surface area contributed by atoms with Gasteiger partial charge in [-0.2, -0.15) is 50.3 Å². The number of ether oxygens (including phenoxy) is 2. The molecule has 31 heavy (non-hydrogen) atoms. The molecule has 0 N–H and O–H groups in total. The van der Waals surface area contributed by atoms with Crippen molar-refractivity contribution in [3.05, 3.63) is 29.8 Å².